The van der Waals surface area contributed by atoms with E-state index < -0.39 is 0 Å². The van der Waals surface area contributed by atoms with Crippen molar-refractivity contribution in [3.63, 3.8) is 0 Å². The lowest BCUT2D eigenvalue weighted by Gasteiger charge is -2.21. The predicted molar refractivity (Wildman–Crippen MR) is 82.2 cm³/mol. The van der Waals surface area contributed by atoms with Crippen molar-refractivity contribution < 1.29 is 9.59 Å². The summed E-state index contributed by atoms with van der Waals surface area (Å²) in [6.45, 7) is 4.19. The van der Waals surface area contributed by atoms with E-state index in [1.165, 1.54) is 0 Å². The van der Waals surface area contributed by atoms with Gasteiger partial charge in [0, 0.05) is 43.0 Å². The van der Waals surface area contributed by atoms with Crippen molar-refractivity contribution in [3.05, 3.63) is 35.4 Å². The maximum absolute atomic E-state index is 12.2. The molecule has 0 atom stereocenters. The number of hydrogen-bond donors (Lipinski definition) is 2. The van der Waals surface area contributed by atoms with Gasteiger partial charge in [0.05, 0.1) is 0 Å². The van der Waals surface area contributed by atoms with Crippen LogP contribution in [0.1, 0.15) is 19.8 Å². The number of rotatable bonds is 3. The standard InChI is InChI=1S/C16H19N3O2/c1-11(12-9-17-10-12)16(21)18-13-4-2-5-14(8-13)19-7-3-6-15(19)20/h2,4-5,8,17H,3,6-7,9-10H2,1H3,(H,18,21). The summed E-state index contributed by atoms with van der Waals surface area (Å²) in [5.74, 6) is 0.0775. The summed E-state index contributed by atoms with van der Waals surface area (Å²) in [4.78, 5) is 25.7. The monoisotopic (exact) mass is 285 g/mol. The van der Waals surface area contributed by atoms with Crippen molar-refractivity contribution in [1.29, 1.82) is 0 Å². The molecule has 2 heterocycles. The van der Waals surface area contributed by atoms with E-state index in [0.717, 1.165) is 48.6 Å². The van der Waals surface area contributed by atoms with Crippen LogP contribution in [0.4, 0.5) is 11.4 Å². The molecule has 1 aromatic carbocycles. The smallest absolute Gasteiger partial charge is 0.251 e. The largest absolute Gasteiger partial charge is 0.322 e. The number of amides is 2. The molecule has 0 radical (unpaired) electrons. The summed E-state index contributed by atoms with van der Waals surface area (Å²) in [5, 5.41) is 6.04. The van der Waals surface area contributed by atoms with E-state index in [4.69, 9.17) is 0 Å². The van der Waals surface area contributed by atoms with Crippen molar-refractivity contribution >= 4 is 23.2 Å². The van der Waals surface area contributed by atoms with E-state index in [0.29, 0.717) is 6.42 Å². The van der Waals surface area contributed by atoms with Gasteiger partial charge in [-0.25, -0.2) is 0 Å². The highest BCUT2D eigenvalue weighted by Crippen LogP contribution is 2.24. The van der Waals surface area contributed by atoms with Crippen LogP contribution in [-0.2, 0) is 9.59 Å². The fraction of sp³-hybridized carbons (Fsp3) is 0.375. The molecule has 0 aliphatic carbocycles. The molecule has 0 spiro atoms. The first-order valence-corrected chi connectivity index (χ1v) is 7.26. The molecule has 0 saturated carbocycles. The SMILES string of the molecule is CC(C(=O)Nc1cccc(N2CCCC2=O)c1)=C1CNC1. The first kappa shape index (κ1) is 13.8. The second-order valence-electron chi connectivity index (χ2n) is 5.49. The number of anilines is 2. The molecule has 5 nitrogen and oxygen atoms in total. The number of nitrogens with zero attached hydrogens (tertiary/aromatic N) is 1. The van der Waals surface area contributed by atoms with Crippen LogP contribution in [0, 0.1) is 0 Å². The molecule has 0 bridgehead atoms. The second kappa shape index (κ2) is 5.69. The van der Waals surface area contributed by atoms with Crippen LogP contribution in [0.15, 0.2) is 35.4 Å². The van der Waals surface area contributed by atoms with Gasteiger partial charge in [-0.05, 0) is 37.1 Å². The maximum atomic E-state index is 12.2. The van der Waals surface area contributed by atoms with Crippen LogP contribution in [0.3, 0.4) is 0 Å². The molecule has 2 fully saturated rings. The molecule has 21 heavy (non-hydrogen) atoms. The highest BCUT2D eigenvalue weighted by Gasteiger charge is 2.22. The van der Waals surface area contributed by atoms with Crippen LogP contribution in [0.5, 0.6) is 0 Å². The first-order chi connectivity index (χ1) is 10.1. The average molecular weight is 285 g/mol. The number of nitrogens with one attached hydrogen (secondary N) is 2. The fourth-order valence-electron chi connectivity index (χ4n) is 2.57. The van der Waals surface area contributed by atoms with Gasteiger partial charge in [0.1, 0.15) is 0 Å². The Morgan fingerprint density at radius 3 is 2.76 bits per heavy atom. The molecular weight excluding hydrogens is 266 g/mol. The highest BCUT2D eigenvalue weighted by atomic mass is 16.2. The molecular formula is C16H19N3O2. The maximum Gasteiger partial charge on any atom is 0.251 e. The van der Waals surface area contributed by atoms with Gasteiger partial charge in [-0.15, -0.1) is 0 Å². The molecule has 2 amide bonds. The minimum Gasteiger partial charge on any atom is -0.322 e. The summed E-state index contributed by atoms with van der Waals surface area (Å²) in [5.41, 5.74) is 3.50. The molecule has 3 rings (SSSR count). The minimum atomic E-state index is -0.0728. The third kappa shape index (κ3) is 2.83. The summed E-state index contributed by atoms with van der Waals surface area (Å²) < 4.78 is 0. The molecule has 0 unspecified atom stereocenters. The van der Waals surface area contributed by atoms with Gasteiger partial charge in [0.15, 0.2) is 0 Å². The third-order valence-corrected chi connectivity index (χ3v) is 4.04. The van der Waals surface area contributed by atoms with E-state index in [9.17, 15) is 9.59 Å². The Hall–Kier alpha value is -2.14. The normalized spacial score (nSPS) is 17.7. The Balaban J connectivity index is 1.74. The molecule has 110 valence electrons. The molecule has 2 aliphatic heterocycles. The summed E-state index contributed by atoms with van der Waals surface area (Å²) in [7, 11) is 0. The van der Waals surface area contributed by atoms with E-state index >= 15 is 0 Å². The first-order valence-electron chi connectivity index (χ1n) is 7.26. The van der Waals surface area contributed by atoms with Crippen LogP contribution in [0.25, 0.3) is 0 Å². The van der Waals surface area contributed by atoms with Crippen molar-refractivity contribution in [2.24, 2.45) is 0 Å². The zero-order chi connectivity index (χ0) is 14.8. The number of benzene rings is 1. The quantitative estimate of drug-likeness (QED) is 0.831. The van der Waals surface area contributed by atoms with Gasteiger partial charge in [-0.2, -0.15) is 0 Å². The Kier molecular flexibility index (Phi) is 3.75. The highest BCUT2D eigenvalue weighted by molar-refractivity contribution is 6.04. The van der Waals surface area contributed by atoms with Gasteiger partial charge in [-0.1, -0.05) is 6.07 Å². The van der Waals surface area contributed by atoms with Crippen LogP contribution in [-0.4, -0.2) is 31.4 Å². The van der Waals surface area contributed by atoms with Crippen molar-refractivity contribution in [3.8, 4) is 0 Å². The molecule has 2 saturated heterocycles. The van der Waals surface area contributed by atoms with Gasteiger partial charge in [0.2, 0.25) is 5.91 Å². The average Bonchev–Trinajstić information content (AvgIpc) is 2.83. The van der Waals surface area contributed by atoms with E-state index in [1.54, 1.807) is 4.90 Å². The second-order valence-corrected chi connectivity index (χ2v) is 5.49. The molecule has 2 aliphatic rings. The van der Waals surface area contributed by atoms with Gasteiger partial charge < -0.3 is 15.5 Å². The Bertz CT molecular complexity index is 616. The zero-order valence-electron chi connectivity index (χ0n) is 12.1. The Labute approximate surface area is 124 Å². The summed E-state index contributed by atoms with van der Waals surface area (Å²) in [6, 6.07) is 7.47. The molecule has 1 aromatic rings. The van der Waals surface area contributed by atoms with Crippen LogP contribution in [0.2, 0.25) is 0 Å². The van der Waals surface area contributed by atoms with Gasteiger partial charge in [-0.3, -0.25) is 9.59 Å². The molecule has 5 heteroatoms. The molecule has 2 N–H and O–H groups in total. The van der Waals surface area contributed by atoms with Crippen LogP contribution < -0.4 is 15.5 Å². The lowest BCUT2D eigenvalue weighted by molar-refractivity contribution is -0.117. The van der Waals surface area contributed by atoms with Crippen molar-refractivity contribution in [2.45, 2.75) is 19.8 Å². The minimum absolute atomic E-state index is 0.0728. The molecule has 0 aromatic heterocycles. The number of hydrogen-bond acceptors (Lipinski definition) is 3. The number of carbonyl (C=O) groups is 2. The zero-order valence-corrected chi connectivity index (χ0v) is 12.1. The third-order valence-electron chi connectivity index (χ3n) is 4.04. The van der Waals surface area contributed by atoms with E-state index in [2.05, 4.69) is 10.6 Å². The number of carbonyl (C=O) groups excluding carboxylic acids is 2. The Morgan fingerprint density at radius 1 is 1.33 bits per heavy atom. The van der Waals surface area contributed by atoms with Crippen molar-refractivity contribution in [2.75, 3.05) is 29.9 Å². The lowest BCUT2D eigenvalue weighted by Crippen LogP contribution is -2.36. The van der Waals surface area contributed by atoms with Gasteiger partial charge in [0.25, 0.3) is 5.91 Å². The fourth-order valence-corrected chi connectivity index (χ4v) is 2.57. The van der Waals surface area contributed by atoms with Gasteiger partial charge >= 0.3 is 0 Å². The topological polar surface area (TPSA) is 61.4 Å². The lowest BCUT2D eigenvalue weighted by atomic mass is 10.0. The summed E-state index contributed by atoms with van der Waals surface area (Å²) >= 11 is 0. The summed E-state index contributed by atoms with van der Waals surface area (Å²) in [6.07, 6.45) is 1.50. The predicted octanol–water partition coefficient (Wildman–Crippen LogP) is 1.67. The Morgan fingerprint density at radius 2 is 2.14 bits per heavy atom. The van der Waals surface area contributed by atoms with E-state index in [-0.39, 0.29) is 11.8 Å². The van der Waals surface area contributed by atoms with E-state index in [1.807, 2.05) is 31.2 Å². The van der Waals surface area contributed by atoms with Crippen LogP contribution >= 0.6 is 0 Å². The van der Waals surface area contributed by atoms with Crippen molar-refractivity contribution in [1.82, 2.24) is 5.32 Å².